The summed E-state index contributed by atoms with van der Waals surface area (Å²) in [7, 11) is 0. The average Bonchev–Trinajstić information content (AvgIpc) is 2.79. The molecule has 2 unspecified atom stereocenters. The Hall–Kier alpha value is -2.70. The van der Waals surface area contributed by atoms with Crippen molar-refractivity contribution in [2.24, 2.45) is 0 Å². The number of carbonyl (C=O) groups is 2. The average molecular weight is 461 g/mol. The van der Waals surface area contributed by atoms with Crippen LogP contribution in [0, 0.1) is 0 Å². The molecule has 184 valence electrons. The molecule has 0 aliphatic heterocycles. The largest absolute Gasteiger partial charge is 0.478 e. The van der Waals surface area contributed by atoms with E-state index in [2.05, 4.69) is 27.7 Å². The third-order valence-electron chi connectivity index (χ3n) is 5.14. The number of aliphatic hydroxyl groups excluding tert-OH is 2. The van der Waals surface area contributed by atoms with Crippen molar-refractivity contribution in [1.82, 2.24) is 0 Å². The fourth-order valence-corrected chi connectivity index (χ4v) is 2.67. The Morgan fingerprint density at radius 3 is 1.09 bits per heavy atom. The minimum Gasteiger partial charge on any atom is -0.478 e. The third-order valence-corrected chi connectivity index (χ3v) is 5.14. The first-order valence-corrected chi connectivity index (χ1v) is 11.4. The van der Waals surface area contributed by atoms with Gasteiger partial charge in [0.2, 0.25) is 0 Å². The highest BCUT2D eigenvalue weighted by molar-refractivity contribution is 5.88. The number of carboxylic acid groups (broad SMARTS) is 2. The van der Waals surface area contributed by atoms with Gasteiger partial charge in [0.25, 0.3) is 0 Å². The van der Waals surface area contributed by atoms with Crippen molar-refractivity contribution in [3.63, 3.8) is 0 Å². The van der Waals surface area contributed by atoms with Crippen molar-refractivity contribution in [2.45, 2.75) is 84.8 Å². The van der Waals surface area contributed by atoms with E-state index in [9.17, 15) is 9.59 Å². The van der Waals surface area contributed by atoms with E-state index in [4.69, 9.17) is 20.4 Å². The second kappa shape index (κ2) is 16.0. The van der Waals surface area contributed by atoms with Crippen LogP contribution in [0.3, 0.4) is 0 Å². The zero-order valence-corrected chi connectivity index (χ0v) is 20.7. The van der Waals surface area contributed by atoms with E-state index in [1.807, 2.05) is 38.1 Å². The molecule has 0 aromatic heterocycles. The fourth-order valence-electron chi connectivity index (χ4n) is 2.67. The van der Waals surface area contributed by atoms with Gasteiger partial charge in [-0.3, -0.25) is 0 Å². The van der Waals surface area contributed by atoms with E-state index in [0.717, 1.165) is 12.8 Å². The van der Waals surface area contributed by atoms with Crippen LogP contribution in [-0.4, -0.2) is 44.6 Å². The summed E-state index contributed by atoms with van der Waals surface area (Å²) in [6.07, 6.45) is 1.35. The number of hydrogen-bond acceptors (Lipinski definition) is 4. The zero-order chi connectivity index (χ0) is 25.6. The van der Waals surface area contributed by atoms with E-state index in [-0.39, 0.29) is 12.2 Å². The molecule has 0 radical (unpaired) electrons. The van der Waals surface area contributed by atoms with Crippen LogP contribution in [0.25, 0.3) is 0 Å². The molecule has 2 rings (SSSR count). The molecule has 0 aliphatic rings. The summed E-state index contributed by atoms with van der Waals surface area (Å²) in [5, 5.41) is 35.2. The van der Waals surface area contributed by atoms with Gasteiger partial charge in [0.15, 0.2) is 0 Å². The summed E-state index contributed by atoms with van der Waals surface area (Å²) in [4.78, 5) is 21.0. The van der Waals surface area contributed by atoms with Crippen molar-refractivity contribution in [2.75, 3.05) is 0 Å². The number of carboxylic acids is 2. The van der Waals surface area contributed by atoms with E-state index in [0.29, 0.717) is 29.4 Å². The van der Waals surface area contributed by atoms with Gasteiger partial charge in [-0.25, -0.2) is 9.59 Å². The van der Waals surface area contributed by atoms with Gasteiger partial charge < -0.3 is 20.4 Å². The van der Waals surface area contributed by atoms with Gasteiger partial charge in [0.05, 0.1) is 23.3 Å². The Morgan fingerprint density at radius 1 is 0.636 bits per heavy atom. The highest BCUT2D eigenvalue weighted by atomic mass is 16.4. The van der Waals surface area contributed by atoms with E-state index >= 15 is 0 Å². The van der Waals surface area contributed by atoms with Crippen molar-refractivity contribution in [3.8, 4) is 0 Å². The second-order valence-corrected chi connectivity index (χ2v) is 8.52. The van der Waals surface area contributed by atoms with Gasteiger partial charge in [0, 0.05) is 0 Å². The van der Waals surface area contributed by atoms with Crippen LogP contribution in [-0.2, 0) is 0 Å². The number of benzene rings is 2. The van der Waals surface area contributed by atoms with Crippen molar-refractivity contribution < 1.29 is 30.0 Å². The lowest BCUT2D eigenvalue weighted by Crippen LogP contribution is -2.15. The summed E-state index contributed by atoms with van der Waals surface area (Å²) in [6.45, 7) is 12.1. The van der Waals surface area contributed by atoms with Crippen molar-refractivity contribution in [1.29, 1.82) is 0 Å². The molecule has 0 aliphatic carbocycles. The Bertz CT molecular complexity index is 740. The van der Waals surface area contributed by atoms with Gasteiger partial charge in [0.1, 0.15) is 0 Å². The highest BCUT2D eigenvalue weighted by Crippen LogP contribution is 2.15. The molecule has 4 N–H and O–H groups in total. The molecule has 2 aromatic carbocycles. The van der Waals surface area contributed by atoms with E-state index < -0.39 is 11.9 Å². The quantitative estimate of drug-likeness (QED) is 0.388. The van der Waals surface area contributed by atoms with Crippen LogP contribution in [0.4, 0.5) is 0 Å². The first-order valence-electron chi connectivity index (χ1n) is 11.4. The molecule has 0 saturated carbocycles. The number of rotatable bonds is 8. The smallest absolute Gasteiger partial charge is 0.335 e. The fraction of sp³-hybridized carbons (Fsp3) is 0.481. The first-order chi connectivity index (χ1) is 15.4. The predicted molar refractivity (Wildman–Crippen MR) is 132 cm³/mol. The van der Waals surface area contributed by atoms with Gasteiger partial charge in [-0.2, -0.15) is 0 Å². The molecule has 6 heteroatoms. The minimum atomic E-state index is -0.870. The minimum absolute atomic E-state index is 0.319. The summed E-state index contributed by atoms with van der Waals surface area (Å²) in [5.74, 6) is -0.837. The van der Waals surface area contributed by atoms with E-state index in [1.165, 1.54) is 11.1 Å². The molecule has 33 heavy (non-hydrogen) atoms. The molecule has 0 bridgehead atoms. The zero-order valence-electron chi connectivity index (χ0n) is 20.7. The Morgan fingerprint density at radius 2 is 0.909 bits per heavy atom. The molecule has 2 aromatic rings. The predicted octanol–water partition coefficient (Wildman–Crippen LogP) is 5.93. The normalized spacial score (nSPS) is 12.2. The molecule has 0 amide bonds. The van der Waals surface area contributed by atoms with E-state index in [1.54, 1.807) is 24.3 Å². The Kier molecular flexibility index (Phi) is 14.7. The number of hydrogen-bond donors (Lipinski definition) is 4. The van der Waals surface area contributed by atoms with Gasteiger partial charge in [-0.05, 0) is 66.5 Å². The van der Waals surface area contributed by atoms with Gasteiger partial charge >= 0.3 is 11.9 Å². The molecule has 0 spiro atoms. The monoisotopic (exact) mass is 460 g/mol. The van der Waals surface area contributed by atoms with Crippen LogP contribution < -0.4 is 0 Å². The SMILES string of the molecule is CC(C)c1ccc(C(=O)O)cc1.CC(C)c1ccc(C(=O)O)cc1.CCC(O)CC(O)CC. The van der Waals surface area contributed by atoms with Crippen molar-refractivity contribution >= 4 is 11.9 Å². The topological polar surface area (TPSA) is 115 Å². The molecular weight excluding hydrogens is 420 g/mol. The molecule has 6 nitrogen and oxygen atoms in total. The van der Waals surface area contributed by atoms with Gasteiger partial charge in [-0.15, -0.1) is 0 Å². The molecule has 0 saturated heterocycles. The van der Waals surface area contributed by atoms with Crippen LogP contribution in [0.15, 0.2) is 48.5 Å². The lowest BCUT2D eigenvalue weighted by Gasteiger charge is -2.11. The lowest BCUT2D eigenvalue weighted by molar-refractivity contribution is 0.0686. The summed E-state index contributed by atoms with van der Waals surface area (Å²) in [5.41, 5.74) is 3.03. The van der Waals surface area contributed by atoms with Crippen molar-refractivity contribution in [3.05, 3.63) is 70.8 Å². The number of aliphatic hydroxyl groups is 2. The molecule has 0 heterocycles. The maximum atomic E-state index is 10.5. The molecular formula is C27H40O6. The standard InChI is InChI=1S/2C10H12O2.C7H16O2/c2*1-7(2)8-3-5-9(6-4-8)10(11)12;1-3-6(8)5-7(9)4-2/h2*3-7H,1-2H3,(H,11,12);6-9H,3-5H2,1-2H3. The summed E-state index contributed by atoms with van der Waals surface area (Å²) in [6, 6.07) is 14.0. The maximum absolute atomic E-state index is 10.5. The second-order valence-electron chi connectivity index (χ2n) is 8.52. The Balaban J connectivity index is 0.000000472. The van der Waals surface area contributed by atoms with Crippen LogP contribution in [0.1, 0.15) is 104 Å². The maximum Gasteiger partial charge on any atom is 0.335 e. The number of aromatic carboxylic acids is 2. The van der Waals surface area contributed by atoms with Crippen LogP contribution >= 0.6 is 0 Å². The molecule has 0 fully saturated rings. The highest BCUT2D eigenvalue weighted by Gasteiger charge is 2.07. The third kappa shape index (κ3) is 12.8. The lowest BCUT2D eigenvalue weighted by atomic mass is 10.0. The van der Waals surface area contributed by atoms with Gasteiger partial charge in [-0.1, -0.05) is 65.8 Å². The summed E-state index contributed by atoms with van der Waals surface area (Å²) >= 11 is 0. The Labute approximate surface area is 197 Å². The summed E-state index contributed by atoms with van der Waals surface area (Å²) < 4.78 is 0. The van der Waals surface area contributed by atoms with Crippen LogP contribution in [0.2, 0.25) is 0 Å². The first kappa shape index (κ1) is 30.3. The van der Waals surface area contributed by atoms with Crippen LogP contribution in [0.5, 0.6) is 0 Å². The molecule has 2 atom stereocenters.